The largest absolute Gasteiger partial charge is 0.326 e. The fourth-order valence-electron chi connectivity index (χ4n) is 4.54. The maximum absolute atomic E-state index is 13.2. The fraction of sp³-hybridized carbons (Fsp3) is 0.0357. The molecule has 0 unspecified atom stereocenters. The van der Waals surface area contributed by atoms with Crippen LogP contribution in [0.15, 0.2) is 84.4 Å². The van der Waals surface area contributed by atoms with Gasteiger partial charge in [-0.2, -0.15) is 0 Å². The first-order valence-corrected chi connectivity index (χ1v) is 11.7. The molecule has 0 N–H and O–H groups in total. The highest BCUT2D eigenvalue weighted by molar-refractivity contribution is 6.46. The zero-order chi connectivity index (χ0) is 24.3. The lowest BCUT2D eigenvalue weighted by Crippen LogP contribution is -2.03. The minimum atomic E-state index is -0.369. The van der Waals surface area contributed by atoms with E-state index < -0.39 is 0 Å². The lowest BCUT2D eigenvalue weighted by molar-refractivity contribution is 0.0990. The number of fused-ring (bicyclic) bond motifs is 2. The predicted molar refractivity (Wildman–Crippen MR) is 139 cm³/mol. The second-order valence-electron chi connectivity index (χ2n) is 8.34. The smallest absolute Gasteiger partial charge is 0.197 e. The molecule has 2 aromatic heterocycles. The van der Waals surface area contributed by atoms with Gasteiger partial charge in [-0.25, -0.2) is 4.98 Å². The van der Waals surface area contributed by atoms with Gasteiger partial charge in [-0.1, -0.05) is 71.7 Å². The molecule has 3 aromatic carbocycles. The SMILES string of the molecule is Cn1c(-c2ccccc2)nc2c1cc(C=C1C(=O)c3cc(Cl)c(Cl)cc3C1=O)n2-c1ccccc1. The van der Waals surface area contributed by atoms with Crippen LogP contribution >= 0.6 is 23.2 Å². The Kier molecular flexibility index (Phi) is 4.99. The fourth-order valence-corrected chi connectivity index (χ4v) is 4.87. The summed E-state index contributed by atoms with van der Waals surface area (Å²) in [5, 5.41) is 0.479. The van der Waals surface area contributed by atoms with Gasteiger partial charge in [0.1, 0.15) is 5.82 Å². The Bertz CT molecular complexity index is 1650. The number of halogens is 2. The quantitative estimate of drug-likeness (QED) is 0.203. The van der Waals surface area contributed by atoms with Gasteiger partial charge < -0.3 is 4.57 Å². The number of rotatable bonds is 3. The number of carbonyl (C=O) groups excluding carboxylic acids is 2. The second-order valence-corrected chi connectivity index (χ2v) is 9.15. The molecule has 0 spiro atoms. The zero-order valence-electron chi connectivity index (χ0n) is 18.5. The first-order valence-electron chi connectivity index (χ1n) is 10.9. The van der Waals surface area contributed by atoms with Crippen LogP contribution in [0.4, 0.5) is 0 Å². The van der Waals surface area contributed by atoms with Crippen molar-refractivity contribution in [2.45, 2.75) is 0 Å². The normalized spacial score (nSPS) is 13.1. The number of aromatic nitrogens is 3. The lowest BCUT2D eigenvalue weighted by Gasteiger charge is -2.08. The zero-order valence-corrected chi connectivity index (χ0v) is 20.0. The van der Waals surface area contributed by atoms with E-state index in [0.29, 0.717) is 5.69 Å². The Morgan fingerprint density at radius 1 is 0.800 bits per heavy atom. The van der Waals surface area contributed by atoms with Gasteiger partial charge >= 0.3 is 0 Å². The molecule has 0 saturated heterocycles. The molecule has 0 atom stereocenters. The van der Waals surface area contributed by atoms with Gasteiger partial charge in [-0.05, 0) is 36.4 Å². The lowest BCUT2D eigenvalue weighted by atomic mass is 10.1. The van der Waals surface area contributed by atoms with Crippen molar-refractivity contribution in [3.8, 4) is 17.1 Å². The summed E-state index contributed by atoms with van der Waals surface area (Å²) in [6.07, 6.45) is 1.63. The molecule has 1 aliphatic rings. The van der Waals surface area contributed by atoms with Crippen molar-refractivity contribution in [3.63, 3.8) is 0 Å². The standard InChI is InChI=1S/C28H17Cl2N3O2/c1-32-24-13-18(12-21-25(34)19-14-22(29)23(30)15-20(19)26(21)35)33(17-10-6-3-7-11-17)28(24)31-27(32)16-8-4-2-5-9-16/h2-15H,1H3. The van der Waals surface area contributed by atoms with Crippen LogP contribution in [0.25, 0.3) is 34.3 Å². The first kappa shape index (κ1) is 21.6. The van der Waals surface area contributed by atoms with Crippen LogP contribution in [-0.4, -0.2) is 25.7 Å². The Morgan fingerprint density at radius 3 is 1.97 bits per heavy atom. The molecule has 35 heavy (non-hydrogen) atoms. The maximum atomic E-state index is 13.2. The van der Waals surface area contributed by atoms with E-state index in [9.17, 15) is 9.59 Å². The highest BCUT2D eigenvalue weighted by Gasteiger charge is 2.34. The van der Waals surface area contributed by atoms with Crippen molar-refractivity contribution >= 4 is 52.0 Å². The van der Waals surface area contributed by atoms with Gasteiger partial charge in [-0.3, -0.25) is 14.2 Å². The molecular weight excluding hydrogens is 481 g/mol. The first-order chi connectivity index (χ1) is 16.9. The van der Waals surface area contributed by atoms with Crippen LogP contribution in [0.5, 0.6) is 0 Å². The summed E-state index contributed by atoms with van der Waals surface area (Å²) in [5.74, 6) is 0.0851. The molecule has 0 aliphatic heterocycles. The molecule has 1 aliphatic carbocycles. The number of ketones is 2. The van der Waals surface area contributed by atoms with Crippen LogP contribution in [0.1, 0.15) is 26.4 Å². The number of hydrogen-bond donors (Lipinski definition) is 0. The van der Waals surface area contributed by atoms with Crippen LogP contribution in [0.3, 0.4) is 0 Å². The van der Waals surface area contributed by atoms with Crippen molar-refractivity contribution < 1.29 is 9.59 Å². The molecule has 170 valence electrons. The number of allylic oxidation sites excluding steroid dienone is 1. The number of nitrogens with zero attached hydrogens (tertiary/aromatic N) is 3. The summed E-state index contributed by atoms with van der Waals surface area (Å²) in [7, 11) is 1.95. The maximum Gasteiger partial charge on any atom is 0.197 e. The summed E-state index contributed by atoms with van der Waals surface area (Å²) < 4.78 is 3.97. The molecule has 0 amide bonds. The third kappa shape index (κ3) is 3.35. The third-order valence-electron chi connectivity index (χ3n) is 6.25. The summed E-state index contributed by atoms with van der Waals surface area (Å²) >= 11 is 12.2. The summed E-state index contributed by atoms with van der Waals surface area (Å²) in [6, 6.07) is 24.5. The van der Waals surface area contributed by atoms with Gasteiger partial charge in [0, 0.05) is 29.4 Å². The van der Waals surface area contributed by atoms with Crippen molar-refractivity contribution in [2.75, 3.05) is 0 Å². The summed E-state index contributed by atoms with van der Waals surface area (Å²) in [4.78, 5) is 31.3. The summed E-state index contributed by atoms with van der Waals surface area (Å²) in [6.45, 7) is 0. The Morgan fingerprint density at radius 2 is 1.37 bits per heavy atom. The Balaban J connectivity index is 1.57. The van der Waals surface area contributed by atoms with Crippen molar-refractivity contribution in [3.05, 3.63) is 111 Å². The number of Topliss-reactive ketones (excluding diaryl/α,β-unsaturated/α-hetero) is 2. The van der Waals surface area contributed by atoms with Crippen molar-refractivity contribution in [1.82, 2.24) is 14.1 Å². The highest BCUT2D eigenvalue weighted by Crippen LogP contribution is 2.36. The minimum Gasteiger partial charge on any atom is -0.326 e. The molecule has 2 heterocycles. The number of para-hydroxylation sites is 1. The highest BCUT2D eigenvalue weighted by atomic mass is 35.5. The number of aryl methyl sites for hydroxylation is 1. The molecule has 6 rings (SSSR count). The monoisotopic (exact) mass is 497 g/mol. The topological polar surface area (TPSA) is 56.9 Å². The van der Waals surface area contributed by atoms with E-state index in [1.807, 2.05) is 82.9 Å². The number of hydrogen-bond acceptors (Lipinski definition) is 3. The van der Waals surface area contributed by atoms with E-state index >= 15 is 0 Å². The average molecular weight is 498 g/mol. The predicted octanol–water partition coefficient (Wildman–Crippen LogP) is 6.80. The van der Waals surface area contributed by atoms with Crippen LogP contribution in [-0.2, 0) is 7.05 Å². The van der Waals surface area contributed by atoms with E-state index in [2.05, 4.69) is 0 Å². The van der Waals surface area contributed by atoms with E-state index in [1.54, 1.807) is 6.08 Å². The van der Waals surface area contributed by atoms with Crippen LogP contribution in [0, 0.1) is 0 Å². The molecule has 0 fully saturated rings. The molecule has 5 nitrogen and oxygen atoms in total. The number of benzene rings is 3. The van der Waals surface area contributed by atoms with Gasteiger partial charge in [-0.15, -0.1) is 0 Å². The van der Waals surface area contributed by atoms with Crippen LogP contribution < -0.4 is 0 Å². The van der Waals surface area contributed by atoms with E-state index in [-0.39, 0.29) is 38.3 Å². The van der Waals surface area contributed by atoms with E-state index in [4.69, 9.17) is 28.2 Å². The van der Waals surface area contributed by atoms with Gasteiger partial charge in [0.25, 0.3) is 0 Å². The molecule has 0 bridgehead atoms. The second kappa shape index (κ2) is 8.08. The van der Waals surface area contributed by atoms with Gasteiger partial charge in [0.05, 0.1) is 26.8 Å². The van der Waals surface area contributed by atoms with E-state index in [1.165, 1.54) is 12.1 Å². The minimum absolute atomic E-state index is 0.0709. The van der Waals surface area contributed by atoms with Gasteiger partial charge in [0.15, 0.2) is 17.2 Å². The number of imidazole rings is 1. The Hall–Kier alpha value is -3.93. The van der Waals surface area contributed by atoms with Crippen molar-refractivity contribution in [2.24, 2.45) is 7.05 Å². The molecule has 5 aromatic rings. The molecule has 7 heteroatoms. The number of carbonyl (C=O) groups is 2. The third-order valence-corrected chi connectivity index (χ3v) is 6.97. The van der Waals surface area contributed by atoms with E-state index in [0.717, 1.165) is 28.2 Å². The Labute approximate surface area is 210 Å². The molecular formula is C28H17Cl2N3O2. The average Bonchev–Trinajstić information content (AvgIpc) is 3.46. The van der Waals surface area contributed by atoms with Crippen LogP contribution in [0.2, 0.25) is 10.0 Å². The van der Waals surface area contributed by atoms with Crippen molar-refractivity contribution in [1.29, 1.82) is 0 Å². The molecule has 0 saturated carbocycles. The van der Waals surface area contributed by atoms with Gasteiger partial charge in [0.2, 0.25) is 0 Å². The molecule has 0 radical (unpaired) electrons. The summed E-state index contributed by atoms with van der Waals surface area (Å²) in [5.41, 5.74) is 4.74.